The maximum Gasteiger partial charge on any atom is 0.331 e. The summed E-state index contributed by atoms with van der Waals surface area (Å²) >= 11 is 0. The molecule has 0 fully saturated rings. The molecule has 1 unspecified atom stereocenters. The molecule has 3 nitrogen and oxygen atoms in total. The van der Waals surface area contributed by atoms with Gasteiger partial charge in [-0.1, -0.05) is 19.9 Å². The van der Waals surface area contributed by atoms with Gasteiger partial charge in [0, 0.05) is 7.05 Å². The van der Waals surface area contributed by atoms with Gasteiger partial charge < -0.3 is 0 Å². The zero-order valence-electron chi connectivity index (χ0n) is 10.5. The molecule has 0 aliphatic heterocycles. The molecule has 0 saturated heterocycles. The topological polar surface area (TPSA) is 26.9 Å². The standard InChI is InChI=1S/C10H13N2OP.C2H6/c1-7-4-5-8-9(6-7)11(2)10(13)12(8)14-3;1-2/h4-6,14H,1-3H3;1-2H3. The van der Waals surface area contributed by atoms with E-state index in [2.05, 4.69) is 0 Å². The highest BCUT2D eigenvalue weighted by Crippen LogP contribution is 2.19. The summed E-state index contributed by atoms with van der Waals surface area (Å²) < 4.78 is 3.52. The van der Waals surface area contributed by atoms with E-state index in [1.807, 2.05) is 57.0 Å². The Balaban J connectivity index is 0.000000606. The quantitative estimate of drug-likeness (QED) is 0.702. The zero-order valence-corrected chi connectivity index (χ0v) is 11.5. The normalized spacial score (nSPS) is 10.8. The minimum atomic E-state index is 0.0754. The van der Waals surface area contributed by atoms with Crippen LogP contribution in [0.5, 0.6) is 0 Å². The second-order valence-corrected chi connectivity index (χ2v) is 4.29. The molecule has 16 heavy (non-hydrogen) atoms. The molecule has 1 aromatic carbocycles. The number of imidazole rings is 1. The number of fused-ring (bicyclic) bond motifs is 1. The van der Waals surface area contributed by atoms with E-state index in [0.717, 1.165) is 11.0 Å². The van der Waals surface area contributed by atoms with Crippen molar-refractivity contribution in [1.82, 2.24) is 8.90 Å². The fourth-order valence-electron chi connectivity index (χ4n) is 1.66. The zero-order chi connectivity index (χ0) is 12.3. The highest BCUT2D eigenvalue weighted by molar-refractivity contribution is 7.35. The van der Waals surface area contributed by atoms with Crippen LogP contribution in [0, 0.1) is 6.92 Å². The van der Waals surface area contributed by atoms with Gasteiger partial charge in [-0.15, -0.1) is 0 Å². The second kappa shape index (κ2) is 5.31. The van der Waals surface area contributed by atoms with Crippen molar-refractivity contribution >= 4 is 19.8 Å². The van der Waals surface area contributed by atoms with Crippen LogP contribution in [0.3, 0.4) is 0 Å². The Kier molecular flexibility index (Phi) is 4.31. The monoisotopic (exact) mass is 238 g/mol. The molecule has 0 saturated carbocycles. The first-order valence-electron chi connectivity index (χ1n) is 5.51. The van der Waals surface area contributed by atoms with Crippen molar-refractivity contribution in [2.24, 2.45) is 7.05 Å². The molecule has 1 aromatic heterocycles. The third-order valence-electron chi connectivity index (χ3n) is 2.43. The fourth-order valence-corrected chi connectivity index (χ4v) is 2.43. The van der Waals surface area contributed by atoms with Crippen LogP contribution < -0.4 is 5.69 Å². The summed E-state index contributed by atoms with van der Waals surface area (Å²) in [6.45, 7) is 8.05. The number of nitrogens with zero attached hydrogens (tertiary/aromatic N) is 2. The van der Waals surface area contributed by atoms with Gasteiger partial charge in [0.2, 0.25) is 0 Å². The summed E-state index contributed by atoms with van der Waals surface area (Å²) in [6.07, 6.45) is 0. The summed E-state index contributed by atoms with van der Waals surface area (Å²) in [4.78, 5) is 11.8. The van der Waals surface area contributed by atoms with E-state index in [1.54, 1.807) is 4.57 Å². The number of aryl methyl sites for hydroxylation is 2. The van der Waals surface area contributed by atoms with E-state index < -0.39 is 0 Å². The average molecular weight is 238 g/mol. The Labute approximate surface area is 97.9 Å². The van der Waals surface area contributed by atoms with Gasteiger partial charge in [-0.3, -0.25) is 8.90 Å². The van der Waals surface area contributed by atoms with Crippen molar-refractivity contribution in [2.75, 3.05) is 6.66 Å². The van der Waals surface area contributed by atoms with Crippen molar-refractivity contribution in [3.05, 3.63) is 34.2 Å². The van der Waals surface area contributed by atoms with E-state index in [9.17, 15) is 4.79 Å². The van der Waals surface area contributed by atoms with Crippen molar-refractivity contribution in [1.29, 1.82) is 0 Å². The van der Waals surface area contributed by atoms with Gasteiger partial charge in [0.25, 0.3) is 0 Å². The fraction of sp³-hybridized carbons (Fsp3) is 0.417. The Hall–Kier alpha value is -1.08. The Morgan fingerprint density at radius 2 is 1.81 bits per heavy atom. The predicted octanol–water partition coefficient (Wildman–Crippen LogP) is 2.75. The molecule has 1 atom stereocenters. The lowest BCUT2D eigenvalue weighted by atomic mass is 10.2. The van der Waals surface area contributed by atoms with Gasteiger partial charge in [-0.2, -0.15) is 0 Å². The van der Waals surface area contributed by atoms with Crippen LogP contribution in [0.4, 0.5) is 0 Å². The van der Waals surface area contributed by atoms with E-state index >= 15 is 0 Å². The summed E-state index contributed by atoms with van der Waals surface area (Å²) in [5.41, 5.74) is 3.31. The van der Waals surface area contributed by atoms with Crippen molar-refractivity contribution < 1.29 is 0 Å². The van der Waals surface area contributed by atoms with Crippen molar-refractivity contribution in [2.45, 2.75) is 20.8 Å². The molecule has 0 amide bonds. The van der Waals surface area contributed by atoms with Gasteiger partial charge in [0.15, 0.2) is 0 Å². The van der Waals surface area contributed by atoms with E-state index in [4.69, 9.17) is 0 Å². The second-order valence-electron chi connectivity index (χ2n) is 3.39. The first-order valence-corrected chi connectivity index (χ1v) is 6.95. The van der Waals surface area contributed by atoms with Crippen LogP contribution >= 0.6 is 8.73 Å². The molecule has 0 bridgehead atoms. The molecule has 1 heterocycles. The van der Waals surface area contributed by atoms with Crippen LogP contribution in [0.1, 0.15) is 19.4 Å². The first-order chi connectivity index (χ1) is 7.65. The maximum atomic E-state index is 11.8. The first kappa shape index (κ1) is 13.0. The van der Waals surface area contributed by atoms with E-state index in [-0.39, 0.29) is 5.69 Å². The van der Waals surface area contributed by atoms with Gasteiger partial charge in [-0.05, 0) is 40.0 Å². The summed E-state index contributed by atoms with van der Waals surface area (Å²) in [7, 11) is 2.30. The minimum absolute atomic E-state index is 0.0754. The van der Waals surface area contributed by atoms with Gasteiger partial charge in [0.1, 0.15) is 0 Å². The molecule has 0 N–H and O–H groups in total. The van der Waals surface area contributed by atoms with Crippen LogP contribution in [0.2, 0.25) is 0 Å². The molecule has 0 aliphatic carbocycles. The molecule has 4 heteroatoms. The molecular formula is C12H19N2OP. The highest BCUT2D eigenvalue weighted by Gasteiger charge is 2.08. The van der Waals surface area contributed by atoms with Crippen molar-refractivity contribution in [3.63, 3.8) is 0 Å². The molecular weight excluding hydrogens is 219 g/mol. The highest BCUT2D eigenvalue weighted by atomic mass is 31.1. The lowest BCUT2D eigenvalue weighted by Crippen LogP contribution is -2.17. The molecule has 88 valence electrons. The number of rotatable bonds is 1. The Morgan fingerprint density at radius 3 is 2.38 bits per heavy atom. The molecule has 2 rings (SSSR count). The van der Waals surface area contributed by atoms with Gasteiger partial charge >= 0.3 is 5.69 Å². The largest absolute Gasteiger partial charge is 0.331 e. The lowest BCUT2D eigenvalue weighted by molar-refractivity contribution is 0.877. The SMILES string of the molecule is CC.CPn1c(=O)n(C)c2cc(C)ccc21. The van der Waals surface area contributed by atoms with E-state index in [0.29, 0.717) is 8.73 Å². The van der Waals surface area contributed by atoms with Crippen LogP contribution in [0.15, 0.2) is 23.0 Å². The smallest absolute Gasteiger partial charge is 0.295 e. The molecule has 0 radical (unpaired) electrons. The molecule has 0 aliphatic rings. The predicted molar refractivity (Wildman–Crippen MR) is 72.9 cm³/mol. The molecule has 0 spiro atoms. The van der Waals surface area contributed by atoms with Crippen LogP contribution in [-0.2, 0) is 7.05 Å². The Morgan fingerprint density at radius 1 is 1.19 bits per heavy atom. The van der Waals surface area contributed by atoms with Crippen LogP contribution in [-0.4, -0.2) is 15.6 Å². The maximum absolute atomic E-state index is 11.8. The number of hydrogen-bond acceptors (Lipinski definition) is 1. The Bertz CT molecular complexity index is 540. The summed E-state index contributed by atoms with van der Waals surface area (Å²) in [5, 5.41) is 0. The number of aromatic nitrogens is 2. The van der Waals surface area contributed by atoms with E-state index in [1.165, 1.54) is 5.56 Å². The van der Waals surface area contributed by atoms with Crippen LogP contribution in [0.25, 0.3) is 11.0 Å². The van der Waals surface area contributed by atoms with Gasteiger partial charge in [0.05, 0.1) is 11.0 Å². The lowest BCUT2D eigenvalue weighted by Gasteiger charge is -1.97. The number of hydrogen-bond donors (Lipinski definition) is 0. The average Bonchev–Trinajstić information content (AvgIpc) is 2.55. The third-order valence-corrected chi connectivity index (χ3v) is 3.31. The summed E-state index contributed by atoms with van der Waals surface area (Å²) in [5.74, 6) is 0. The number of benzene rings is 1. The summed E-state index contributed by atoms with van der Waals surface area (Å²) in [6, 6.07) is 6.11. The minimum Gasteiger partial charge on any atom is -0.295 e. The van der Waals surface area contributed by atoms with Crippen molar-refractivity contribution in [3.8, 4) is 0 Å². The molecule has 2 aromatic rings. The van der Waals surface area contributed by atoms with Gasteiger partial charge in [-0.25, -0.2) is 4.79 Å². The third kappa shape index (κ3) is 2.05.